The highest BCUT2D eigenvalue weighted by Gasteiger charge is 2.52. The maximum Gasteiger partial charge on any atom is 0.495 e. The molecule has 0 aromatic heterocycles. The summed E-state index contributed by atoms with van der Waals surface area (Å²) in [5.41, 5.74) is 3.17. The molecule has 1 N–H and O–H groups in total. The van der Waals surface area contributed by atoms with Crippen molar-refractivity contribution in [3.63, 3.8) is 0 Å². The minimum atomic E-state index is -0.485. The number of benzene rings is 2. The molecule has 1 amide bonds. The van der Waals surface area contributed by atoms with Crippen molar-refractivity contribution in [2.45, 2.75) is 72.0 Å². The monoisotopic (exact) mass is 427 g/mol. The Balaban J connectivity index is 1.85. The van der Waals surface area contributed by atoms with Gasteiger partial charge in [0.2, 0.25) is 0 Å². The fourth-order valence-corrected chi connectivity index (χ4v) is 3.64. The van der Waals surface area contributed by atoms with Gasteiger partial charge in [0.15, 0.2) is 0 Å². The summed E-state index contributed by atoms with van der Waals surface area (Å²) in [6, 6.07) is 11.3. The summed E-state index contributed by atoms with van der Waals surface area (Å²) in [4.78, 5) is 12.9. The third-order valence-corrected chi connectivity index (χ3v) is 6.52. The highest BCUT2D eigenvalue weighted by Crippen LogP contribution is 2.37. The van der Waals surface area contributed by atoms with Crippen molar-refractivity contribution in [1.29, 1.82) is 0 Å². The summed E-state index contributed by atoms with van der Waals surface area (Å²) in [5, 5.41) is 3.44. The SMILES string of the molecule is Cc1c(NC(=O)c2ccc(C(C)(C)C)cc2Cl)cccc1B1OC(C)(C)C(C)(C)O1. The van der Waals surface area contributed by atoms with Crippen LogP contribution < -0.4 is 10.8 Å². The van der Waals surface area contributed by atoms with Gasteiger partial charge in [-0.3, -0.25) is 4.79 Å². The van der Waals surface area contributed by atoms with Crippen LogP contribution in [0.4, 0.5) is 5.69 Å². The van der Waals surface area contributed by atoms with Crippen molar-refractivity contribution in [3.8, 4) is 0 Å². The molecule has 3 rings (SSSR count). The molecule has 0 spiro atoms. The van der Waals surface area contributed by atoms with Gasteiger partial charge in [0.1, 0.15) is 0 Å². The van der Waals surface area contributed by atoms with Gasteiger partial charge < -0.3 is 14.6 Å². The molecule has 1 heterocycles. The molecule has 0 saturated carbocycles. The lowest BCUT2D eigenvalue weighted by atomic mass is 9.76. The van der Waals surface area contributed by atoms with Gasteiger partial charge in [0.25, 0.3) is 5.91 Å². The van der Waals surface area contributed by atoms with Gasteiger partial charge in [0.05, 0.1) is 21.8 Å². The van der Waals surface area contributed by atoms with Crippen LogP contribution in [0.2, 0.25) is 5.02 Å². The van der Waals surface area contributed by atoms with Crippen LogP contribution in [0.1, 0.15) is 70.0 Å². The zero-order valence-corrected chi connectivity index (χ0v) is 19.9. The molecule has 0 unspecified atom stereocenters. The number of nitrogens with one attached hydrogen (secondary N) is 1. The number of rotatable bonds is 3. The molecule has 30 heavy (non-hydrogen) atoms. The minimum Gasteiger partial charge on any atom is -0.399 e. The number of hydrogen-bond donors (Lipinski definition) is 1. The molecule has 0 bridgehead atoms. The fourth-order valence-electron chi connectivity index (χ4n) is 3.37. The normalized spacial score (nSPS) is 17.8. The lowest BCUT2D eigenvalue weighted by molar-refractivity contribution is 0.00578. The zero-order chi connectivity index (χ0) is 22.5. The van der Waals surface area contributed by atoms with Crippen molar-refractivity contribution in [2.24, 2.45) is 0 Å². The van der Waals surface area contributed by atoms with E-state index in [0.717, 1.165) is 16.6 Å². The molecule has 0 radical (unpaired) electrons. The van der Waals surface area contributed by atoms with E-state index in [1.807, 2.05) is 65.0 Å². The molecule has 1 fully saturated rings. The average Bonchev–Trinajstić information content (AvgIpc) is 2.83. The first-order valence-electron chi connectivity index (χ1n) is 10.3. The maximum absolute atomic E-state index is 12.9. The van der Waals surface area contributed by atoms with Gasteiger partial charge in [-0.2, -0.15) is 0 Å². The molecule has 1 aliphatic heterocycles. The molecule has 1 saturated heterocycles. The number of amides is 1. The van der Waals surface area contributed by atoms with Gasteiger partial charge in [0, 0.05) is 5.69 Å². The number of carbonyl (C=O) groups is 1. The molecule has 0 aliphatic carbocycles. The van der Waals surface area contributed by atoms with Gasteiger partial charge >= 0.3 is 7.12 Å². The van der Waals surface area contributed by atoms with E-state index >= 15 is 0 Å². The van der Waals surface area contributed by atoms with Crippen LogP contribution in [0.15, 0.2) is 36.4 Å². The Morgan fingerprint density at radius 1 is 1.03 bits per heavy atom. The quantitative estimate of drug-likeness (QED) is 0.658. The van der Waals surface area contributed by atoms with Crippen LogP contribution in [0.5, 0.6) is 0 Å². The number of anilines is 1. The lowest BCUT2D eigenvalue weighted by Crippen LogP contribution is -2.41. The Morgan fingerprint density at radius 2 is 1.63 bits per heavy atom. The molecule has 160 valence electrons. The van der Waals surface area contributed by atoms with Gasteiger partial charge in [-0.1, -0.05) is 50.6 Å². The topological polar surface area (TPSA) is 47.6 Å². The first kappa shape index (κ1) is 22.9. The van der Waals surface area contributed by atoms with Crippen LogP contribution in [0, 0.1) is 6.92 Å². The first-order valence-corrected chi connectivity index (χ1v) is 10.7. The molecular formula is C24H31BClNO3. The van der Waals surface area contributed by atoms with Crippen LogP contribution in [0.25, 0.3) is 0 Å². The fraction of sp³-hybridized carbons (Fsp3) is 0.458. The predicted molar refractivity (Wildman–Crippen MR) is 125 cm³/mol. The number of carbonyl (C=O) groups excluding carboxylic acids is 1. The Bertz CT molecular complexity index is 963. The highest BCUT2D eigenvalue weighted by molar-refractivity contribution is 6.62. The predicted octanol–water partition coefficient (Wildman–Crippen LogP) is 5.50. The summed E-state index contributed by atoms with van der Waals surface area (Å²) >= 11 is 6.43. The first-order chi connectivity index (χ1) is 13.7. The third-order valence-electron chi connectivity index (χ3n) is 6.21. The van der Waals surface area contributed by atoms with E-state index in [1.165, 1.54) is 0 Å². The third kappa shape index (κ3) is 4.29. The summed E-state index contributed by atoms with van der Waals surface area (Å²) in [5.74, 6) is -0.241. The molecule has 6 heteroatoms. The Morgan fingerprint density at radius 3 is 2.17 bits per heavy atom. The second kappa shape index (κ2) is 7.70. The van der Waals surface area contributed by atoms with Gasteiger partial charge in [-0.15, -0.1) is 0 Å². The van der Waals surface area contributed by atoms with Crippen molar-refractivity contribution in [3.05, 3.63) is 58.1 Å². The molecule has 0 atom stereocenters. The lowest BCUT2D eigenvalue weighted by Gasteiger charge is -2.32. The highest BCUT2D eigenvalue weighted by atomic mass is 35.5. The van der Waals surface area contributed by atoms with E-state index in [4.69, 9.17) is 20.9 Å². The van der Waals surface area contributed by atoms with Crippen molar-refractivity contribution in [1.82, 2.24) is 0 Å². The van der Waals surface area contributed by atoms with Gasteiger partial charge in [-0.25, -0.2) is 0 Å². The zero-order valence-electron chi connectivity index (χ0n) is 19.1. The Hall–Kier alpha value is -1.82. The summed E-state index contributed by atoms with van der Waals surface area (Å²) in [6.45, 7) is 16.4. The molecular weight excluding hydrogens is 397 g/mol. The maximum atomic E-state index is 12.9. The van der Waals surface area contributed by atoms with E-state index in [9.17, 15) is 4.79 Å². The molecule has 2 aromatic carbocycles. The van der Waals surface area contributed by atoms with Gasteiger partial charge in [-0.05, 0) is 74.8 Å². The van der Waals surface area contributed by atoms with Crippen molar-refractivity contribution in [2.75, 3.05) is 5.32 Å². The summed E-state index contributed by atoms with van der Waals surface area (Å²) in [7, 11) is -0.485. The van der Waals surface area contributed by atoms with Crippen LogP contribution in [-0.2, 0) is 14.7 Å². The standard InChI is InChI=1S/C24H31BClNO3/c1-15-18(25-29-23(5,6)24(7,8)30-25)10-9-11-20(15)27-21(28)17-13-12-16(14-19(17)26)22(2,3)4/h9-14H,1-8H3,(H,27,28). The van der Waals surface area contributed by atoms with Crippen LogP contribution in [0.3, 0.4) is 0 Å². The van der Waals surface area contributed by atoms with Crippen molar-refractivity contribution < 1.29 is 14.1 Å². The minimum absolute atomic E-state index is 0.0353. The van der Waals surface area contributed by atoms with E-state index in [0.29, 0.717) is 16.3 Å². The van der Waals surface area contributed by atoms with Crippen LogP contribution in [-0.4, -0.2) is 24.2 Å². The second-order valence-electron chi connectivity index (χ2n) is 10.0. The van der Waals surface area contributed by atoms with E-state index in [-0.39, 0.29) is 11.3 Å². The molecule has 1 aliphatic rings. The smallest absolute Gasteiger partial charge is 0.399 e. The number of hydrogen-bond acceptors (Lipinski definition) is 3. The molecule has 4 nitrogen and oxygen atoms in total. The largest absolute Gasteiger partial charge is 0.495 e. The summed E-state index contributed by atoms with van der Waals surface area (Å²) < 4.78 is 12.4. The second-order valence-corrected chi connectivity index (χ2v) is 10.4. The van der Waals surface area contributed by atoms with Crippen molar-refractivity contribution >= 4 is 35.8 Å². The Labute approximate surface area is 185 Å². The van der Waals surface area contributed by atoms with E-state index in [1.54, 1.807) is 6.07 Å². The van der Waals surface area contributed by atoms with Crippen LogP contribution >= 0.6 is 11.6 Å². The summed E-state index contributed by atoms with van der Waals surface area (Å²) in [6.07, 6.45) is 0. The number of halogens is 1. The van der Waals surface area contributed by atoms with E-state index < -0.39 is 18.3 Å². The Kier molecular flexibility index (Phi) is 5.87. The average molecular weight is 428 g/mol. The van der Waals surface area contributed by atoms with E-state index in [2.05, 4.69) is 26.1 Å². The molecule has 2 aromatic rings.